The summed E-state index contributed by atoms with van der Waals surface area (Å²) < 4.78 is 5.09. The van der Waals surface area contributed by atoms with Crippen LogP contribution in [0.1, 0.15) is 11.3 Å². The van der Waals surface area contributed by atoms with Crippen LogP contribution >= 0.6 is 0 Å². The third-order valence-electron chi connectivity index (χ3n) is 2.44. The highest BCUT2D eigenvalue weighted by atomic mass is 16.5. The molecule has 4 nitrogen and oxygen atoms in total. The van der Waals surface area contributed by atoms with Crippen molar-refractivity contribution in [3.8, 4) is 11.5 Å². The van der Waals surface area contributed by atoms with Crippen molar-refractivity contribution in [2.75, 3.05) is 7.11 Å². The number of methoxy groups -OCH3 is 1. The number of hydrogen-bond acceptors (Lipinski definition) is 4. The zero-order valence-electron chi connectivity index (χ0n) is 10.1. The third-order valence-corrected chi connectivity index (χ3v) is 2.44. The van der Waals surface area contributed by atoms with E-state index in [1.54, 1.807) is 37.7 Å². The molecule has 0 aliphatic carbocycles. The van der Waals surface area contributed by atoms with Crippen molar-refractivity contribution in [3.05, 3.63) is 53.9 Å². The fourth-order valence-corrected chi connectivity index (χ4v) is 1.49. The Bertz CT molecular complexity index is 539. The summed E-state index contributed by atoms with van der Waals surface area (Å²) in [7, 11) is 1.58. The lowest BCUT2D eigenvalue weighted by molar-refractivity contribution is 0.412. The predicted octanol–water partition coefficient (Wildman–Crippen LogP) is 2.41. The van der Waals surface area contributed by atoms with E-state index < -0.39 is 0 Å². The minimum absolute atomic E-state index is 0.181. The molecule has 0 bridgehead atoms. The molecule has 0 saturated carbocycles. The zero-order chi connectivity index (χ0) is 12.8. The Balaban J connectivity index is 2.09. The second-order valence-electron chi connectivity index (χ2n) is 3.72. The maximum Gasteiger partial charge on any atom is 0.124 e. The number of aromatic nitrogens is 1. The lowest BCUT2D eigenvalue weighted by atomic mass is 10.2. The van der Waals surface area contributed by atoms with Crippen LogP contribution in [-0.4, -0.2) is 23.4 Å². The molecule has 0 atom stereocenters. The Morgan fingerprint density at radius 1 is 1.33 bits per heavy atom. The predicted molar refractivity (Wildman–Crippen MR) is 70.2 cm³/mol. The topological polar surface area (TPSA) is 54.7 Å². The van der Waals surface area contributed by atoms with Gasteiger partial charge in [-0.3, -0.25) is 9.98 Å². The summed E-state index contributed by atoms with van der Waals surface area (Å²) in [5, 5.41) is 9.67. The second-order valence-corrected chi connectivity index (χ2v) is 3.72. The normalized spacial score (nSPS) is 10.7. The minimum Gasteiger partial charge on any atom is -0.507 e. The van der Waals surface area contributed by atoms with E-state index in [9.17, 15) is 5.11 Å². The van der Waals surface area contributed by atoms with Crippen molar-refractivity contribution >= 4 is 6.21 Å². The van der Waals surface area contributed by atoms with Gasteiger partial charge < -0.3 is 9.84 Å². The van der Waals surface area contributed by atoms with Crippen LogP contribution < -0.4 is 4.74 Å². The van der Waals surface area contributed by atoms with E-state index >= 15 is 0 Å². The average Bonchev–Trinajstić information content (AvgIpc) is 2.42. The van der Waals surface area contributed by atoms with Gasteiger partial charge in [-0.05, 0) is 30.3 Å². The van der Waals surface area contributed by atoms with Crippen LogP contribution in [0.5, 0.6) is 11.5 Å². The molecule has 2 aromatic rings. The molecule has 0 amide bonds. The molecule has 92 valence electrons. The van der Waals surface area contributed by atoms with E-state index in [0.29, 0.717) is 17.9 Å². The van der Waals surface area contributed by atoms with Crippen LogP contribution in [0.2, 0.25) is 0 Å². The summed E-state index contributed by atoms with van der Waals surface area (Å²) in [5.74, 6) is 0.868. The van der Waals surface area contributed by atoms with E-state index in [0.717, 1.165) is 5.69 Å². The number of phenols is 1. The number of phenolic OH excluding ortho intramolecular Hbond substituents is 1. The summed E-state index contributed by atoms with van der Waals surface area (Å²) in [6.45, 7) is 0.484. The zero-order valence-corrected chi connectivity index (χ0v) is 10.1. The van der Waals surface area contributed by atoms with E-state index in [-0.39, 0.29) is 5.75 Å². The number of aromatic hydroxyl groups is 1. The fourth-order valence-electron chi connectivity index (χ4n) is 1.49. The largest absolute Gasteiger partial charge is 0.507 e. The molecule has 1 aromatic carbocycles. The fraction of sp³-hybridized carbons (Fsp3) is 0.143. The van der Waals surface area contributed by atoms with Crippen LogP contribution in [0.4, 0.5) is 0 Å². The van der Waals surface area contributed by atoms with E-state index in [1.165, 1.54) is 0 Å². The Kier molecular flexibility index (Phi) is 3.91. The molecule has 0 aliphatic heterocycles. The quantitative estimate of drug-likeness (QED) is 0.838. The van der Waals surface area contributed by atoms with Gasteiger partial charge in [0.05, 0.1) is 19.3 Å². The van der Waals surface area contributed by atoms with Crippen LogP contribution in [-0.2, 0) is 6.54 Å². The highest BCUT2D eigenvalue weighted by Crippen LogP contribution is 2.21. The van der Waals surface area contributed by atoms with Gasteiger partial charge in [0.25, 0.3) is 0 Å². The van der Waals surface area contributed by atoms with Crippen molar-refractivity contribution in [3.63, 3.8) is 0 Å². The van der Waals surface area contributed by atoms with Crippen molar-refractivity contribution < 1.29 is 9.84 Å². The first-order valence-corrected chi connectivity index (χ1v) is 5.56. The van der Waals surface area contributed by atoms with E-state index in [4.69, 9.17) is 4.74 Å². The van der Waals surface area contributed by atoms with Gasteiger partial charge in [-0.2, -0.15) is 0 Å². The Morgan fingerprint density at radius 3 is 2.94 bits per heavy atom. The number of ether oxygens (including phenoxy) is 1. The molecule has 0 radical (unpaired) electrons. The van der Waals surface area contributed by atoms with Crippen LogP contribution in [0.3, 0.4) is 0 Å². The van der Waals surface area contributed by atoms with Gasteiger partial charge in [-0.15, -0.1) is 0 Å². The molecule has 1 aromatic heterocycles. The first-order valence-electron chi connectivity index (χ1n) is 5.56. The van der Waals surface area contributed by atoms with Gasteiger partial charge in [0.2, 0.25) is 0 Å². The lowest BCUT2D eigenvalue weighted by Crippen LogP contribution is -1.89. The van der Waals surface area contributed by atoms with Gasteiger partial charge in [0.1, 0.15) is 11.5 Å². The molecule has 1 N–H and O–H groups in total. The Morgan fingerprint density at radius 2 is 2.22 bits per heavy atom. The van der Waals surface area contributed by atoms with Crippen LogP contribution in [0.25, 0.3) is 0 Å². The Hall–Kier alpha value is -2.36. The van der Waals surface area contributed by atoms with Crippen LogP contribution in [0.15, 0.2) is 47.6 Å². The molecular formula is C14H14N2O2. The number of rotatable bonds is 4. The number of pyridine rings is 1. The molecule has 1 heterocycles. The molecule has 0 fully saturated rings. The van der Waals surface area contributed by atoms with Gasteiger partial charge in [-0.25, -0.2) is 0 Å². The van der Waals surface area contributed by atoms with Crippen molar-refractivity contribution in [2.24, 2.45) is 4.99 Å². The van der Waals surface area contributed by atoms with Crippen molar-refractivity contribution in [1.29, 1.82) is 0 Å². The number of aliphatic imine (C=N–C) groups is 1. The number of nitrogens with zero attached hydrogens (tertiary/aromatic N) is 2. The van der Waals surface area contributed by atoms with Gasteiger partial charge in [0.15, 0.2) is 0 Å². The monoisotopic (exact) mass is 242 g/mol. The standard InChI is InChI=1S/C14H14N2O2/c1-18-13-5-6-14(17)11(8-13)9-15-10-12-4-2-3-7-16-12/h2-9,17H,10H2,1H3. The summed E-state index contributed by atoms with van der Waals surface area (Å²) in [6.07, 6.45) is 3.35. The number of hydrogen-bond donors (Lipinski definition) is 1. The SMILES string of the molecule is COc1ccc(O)c(C=NCc2ccccn2)c1. The van der Waals surface area contributed by atoms with Gasteiger partial charge in [-0.1, -0.05) is 6.07 Å². The third kappa shape index (κ3) is 3.07. The van der Waals surface area contributed by atoms with E-state index in [2.05, 4.69) is 9.98 Å². The summed E-state index contributed by atoms with van der Waals surface area (Å²) in [5.41, 5.74) is 1.52. The molecule has 0 spiro atoms. The van der Waals surface area contributed by atoms with Gasteiger partial charge in [0, 0.05) is 18.0 Å². The first-order chi connectivity index (χ1) is 8.79. The van der Waals surface area contributed by atoms with Gasteiger partial charge >= 0.3 is 0 Å². The minimum atomic E-state index is 0.181. The molecule has 0 aliphatic rings. The second kappa shape index (κ2) is 5.82. The smallest absolute Gasteiger partial charge is 0.124 e. The maximum atomic E-state index is 9.67. The number of benzene rings is 1. The molecular weight excluding hydrogens is 228 g/mol. The first kappa shape index (κ1) is 12.1. The lowest BCUT2D eigenvalue weighted by Gasteiger charge is -2.02. The Labute approximate surface area is 106 Å². The molecule has 18 heavy (non-hydrogen) atoms. The highest BCUT2D eigenvalue weighted by Gasteiger charge is 2.00. The molecule has 0 saturated heterocycles. The summed E-state index contributed by atoms with van der Waals surface area (Å²) in [6, 6.07) is 10.7. The summed E-state index contributed by atoms with van der Waals surface area (Å²) >= 11 is 0. The molecule has 0 unspecified atom stereocenters. The van der Waals surface area contributed by atoms with Crippen LogP contribution in [0, 0.1) is 0 Å². The maximum absolute atomic E-state index is 9.67. The molecule has 2 rings (SSSR count). The van der Waals surface area contributed by atoms with E-state index in [1.807, 2.05) is 18.2 Å². The average molecular weight is 242 g/mol. The highest BCUT2D eigenvalue weighted by molar-refractivity contribution is 5.84. The van der Waals surface area contributed by atoms with Crippen molar-refractivity contribution in [2.45, 2.75) is 6.54 Å². The summed E-state index contributed by atoms with van der Waals surface area (Å²) in [4.78, 5) is 8.41. The van der Waals surface area contributed by atoms with Crippen molar-refractivity contribution in [1.82, 2.24) is 4.98 Å². The molecule has 4 heteroatoms.